The first-order valence-electron chi connectivity index (χ1n) is 7.03. The number of carboxylic acid groups (broad SMARTS) is 1. The zero-order valence-electron chi connectivity index (χ0n) is 12.7. The van der Waals surface area contributed by atoms with Crippen molar-refractivity contribution in [3.05, 3.63) is 29.8 Å². The Morgan fingerprint density at radius 3 is 2.52 bits per heavy atom. The first-order valence-corrected chi connectivity index (χ1v) is 7.03. The predicted molar refractivity (Wildman–Crippen MR) is 78.3 cm³/mol. The van der Waals surface area contributed by atoms with Gasteiger partial charge in [0.2, 0.25) is 0 Å². The van der Waals surface area contributed by atoms with Gasteiger partial charge in [-0.15, -0.1) is 0 Å². The maximum Gasteiger partial charge on any atom is 0.323 e. The molecule has 0 spiro atoms. The molecule has 1 N–H and O–H groups in total. The van der Waals surface area contributed by atoms with Crippen molar-refractivity contribution in [2.45, 2.75) is 33.1 Å². The topological polar surface area (TPSA) is 72.8 Å². The molecule has 0 saturated carbocycles. The normalized spacial score (nSPS) is 13.3. The zero-order valence-corrected chi connectivity index (χ0v) is 12.7. The largest absolute Gasteiger partial charge is 0.497 e. The van der Waals surface area contributed by atoms with Gasteiger partial charge in [0.05, 0.1) is 13.7 Å². The highest BCUT2D eigenvalue weighted by Crippen LogP contribution is 2.32. The molecule has 0 radical (unpaired) electrons. The van der Waals surface area contributed by atoms with Crippen LogP contribution >= 0.6 is 0 Å². The van der Waals surface area contributed by atoms with Crippen LogP contribution in [0.3, 0.4) is 0 Å². The van der Waals surface area contributed by atoms with Crippen LogP contribution in [0.4, 0.5) is 0 Å². The Bertz CT molecular complexity index is 497. The monoisotopic (exact) mass is 294 g/mol. The van der Waals surface area contributed by atoms with Crippen molar-refractivity contribution < 1.29 is 24.2 Å². The molecule has 1 atom stereocenters. The average Bonchev–Trinajstić information content (AvgIpc) is 2.46. The quantitative estimate of drug-likeness (QED) is 0.589. The number of carbonyl (C=O) groups excluding carboxylic acids is 1. The second kappa shape index (κ2) is 7.67. The highest BCUT2D eigenvalue weighted by molar-refractivity contribution is 5.99. The molecule has 0 aliphatic carbocycles. The Morgan fingerprint density at radius 1 is 1.29 bits per heavy atom. The van der Waals surface area contributed by atoms with Crippen LogP contribution in [0, 0.1) is 5.41 Å². The smallest absolute Gasteiger partial charge is 0.323 e. The highest BCUT2D eigenvalue weighted by atomic mass is 16.5. The number of ether oxygens (including phenoxy) is 2. The van der Waals surface area contributed by atoms with E-state index in [-0.39, 0.29) is 19.4 Å². The van der Waals surface area contributed by atoms with E-state index in [1.807, 2.05) is 6.92 Å². The first kappa shape index (κ1) is 17.0. The van der Waals surface area contributed by atoms with Crippen LogP contribution in [0.2, 0.25) is 0 Å². The second-order valence-corrected chi connectivity index (χ2v) is 4.89. The molecule has 0 fully saturated rings. The van der Waals surface area contributed by atoms with Crippen molar-refractivity contribution in [3.63, 3.8) is 0 Å². The summed E-state index contributed by atoms with van der Waals surface area (Å²) >= 11 is 0. The van der Waals surface area contributed by atoms with Crippen LogP contribution in [0.25, 0.3) is 0 Å². The molecule has 1 unspecified atom stereocenters. The molecule has 0 saturated heterocycles. The Kier molecular flexibility index (Phi) is 6.21. The fourth-order valence-corrected chi connectivity index (χ4v) is 2.36. The zero-order chi connectivity index (χ0) is 15.9. The average molecular weight is 294 g/mol. The molecule has 1 aromatic carbocycles. The maximum atomic E-state index is 12.2. The molecule has 0 heterocycles. The third-order valence-electron chi connectivity index (χ3n) is 3.39. The molecular formula is C16H22O5. The van der Waals surface area contributed by atoms with Gasteiger partial charge in [-0.3, -0.25) is 9.59 Å². The first-order chi connectivity index (χ1) is 10.00. The minimum absolute atomic E-state index is 0.0895. The lowest BCUT2D eigenvalue weighted by Gasteiger charge is -2.27. The Hall–Kier alpha value is -2.04. The summed E-state index contributed by atoms with van der Waals surface area (Å²) in [4.78, 5) is 24.0. The van der Waals surface area contributed by atoms with E-state index < -0.39 is 17.4 Å². The van der Waals surface area contributed by atoms with Gasteiger partial charge in [0.15, 0.2) is 5.41 Å². The van der Waals surface area contributed by atoms with Crippen molar-refractivity contribution in [3.8, 4) is 5.75 Å². The van der Waals surface area contributed by atoms with Crippen LogP contribution < -0.4 is 4.74 Å². The van der Waals surface area contributed by atoms with Crippen molar-refractivity contribution in [1.29, 1.82) is 0 Å². The number of hydrogen-bond acceptors (Lipinski definition) is 4. The Morgan fingerprint density at radius 2 is 2.00 bits per heavy atom. The third-order valence-corrected chi connectivity index (χ3v) is 3.39. The van der Waals surface area contributed by atoms with Crippen LogP contribution in [-0.2, 0) is 20.7 Å². The molecule has 0 amide bonds. The van der Waals surface area contributed by atoms with Gasteiger partial charge in [0, 0.05) is 0 Å². The van der Waals surface area contributed by atoms with Crippen LogP contribution in [0.5, 0.6) is 5.75 Å². The SMILES string of the molecule is CCCC(Cc1cccc(OC)c1)(C(=O)O)C(=O)OCC. The molecule has 21 heavy (non-hydrogen) atoms. The summed E-state index contributed by atoms with van der Waals surface area (Å²) in [5.41, 5.74) is -0.810. The molecule has 5 heteroatoms. The Balaban J connectivity index is 3.16. The molecule has 1 rings (SSSR count). The van der Waals surface area contributed by atoms with E-state index in [0.717, 1.165) is 5.56 Å². The number of aliphatic carboxylic acids is 1. The van der Waals surface area contributed by atoms with Crippen molar-refractivity contribution in [1.82, 2.24) is 0 Å². The van der Waals surface area contributed by atoms with Crippen molar-refractivity contribution in [2.75, 3.05) is 13.7 Å². The minimum atomic E-state index is -1.54. The summed E-state index contributed by atoms with van der Waals surface area (Å²) in [5, 5.41) is 9.61. The number of carboxylic acids is 1. The molecular weight excluding hydrogens is 272 g/mol. The number of methoxy groups -OCH3 is 1. The van der Waals surface area contributed by atoms with Crippen LogP contribution in [0.15, 0.2) is 24.3 Å². The van der Waals surface area contributed by atoms with E-state index in [9.17, 15) is 14.7 Å². The summed E-state index contributed by atoms with van der Waals surface area (Å²) in [5.74, 6) is -1.19. The highest BCUT2D eigenvalue weighted by Gasteiger charge is 2.46. The number of hydrogen-bond donors (Lipinski definition) is 1. The fourth-order valence-electron chi connectivity index (χ4n) is 2.36. The number of esters is 1. The van der Waals surface area contributed by atoms with E-state index in [2.05, 4.69) is 0 Å². The number of carbonyl (C=O) groups is 2. The minimum Gasteiger partial charge on any atom is -0.497 e. The van der Waals surface area contributed by atoms with E-state index in [1.165, 1.54) is 0 Å². The molecule has 1 aromatic rings. The van der Waals surface area contributed by atoms with Crippen molar-refractivity contribution >= 4 is 11.9 Å². The molecule has 116 valence electrons. The lowest BCUT2D eigenvalue weighted by molar-refractivity contribution is -0.169. The molecule has 5 nitrogen and oxygen atoms in total. The molecule has 0 aliphatic rings. The summed E-state index contributed by atoms with van der Waals surface area (Å²) in [6.07, 6.45) is 0.902. The summed E-state index contributed by atoms with van der Waals surface area (Å²) < 4.78 is 10.1. The van der Waals surface area contributed by atoms with Gasteiger partial charge < -0.3 is 14.6 Å². The number of rotatable bonds is 8. The molecule has 0 aliphatic heterocycles. The van der Waals surface area contributed by atoms with Crippen molar-refractivity contribution in [2.24, 2.45) is 5.41 Å². The van der Waals surface area contributed by atoms with Gasteiger partial charge >= 0.3 is 11.9 Å². The van der Waals surface area contributed by atoms with Gasteiger partial charge in [0.1, 0.15) is 5.75 Å². The van der Waals surface area contributed by atoms with Gasteiger partial charge in [0.25, 0.3) is 0 Å². The predicted octanol–water partition coefficient (Wildman–Crippen LogP) is 2.67. The summed E-state index contributed by atoms with van der Waals surface area (Å²) in [6.45, 7) is 3.68. The lowest BCUT2D eigenvalue weighted by Crippen LogP contribution is -2.42. The maximum absolute atomic E-state index is 12.2. The van der Waals surface area contributed by atoms with E-state index >= 15 is 0 Å². The van der Waals surface area contributed by atoms with E-state index in [0.29, 0.717) is 12.2 Å². The Labute approximate surface area is 124 Å². The van der Waals surface area contributed by atoms with E-state index in [1.54, 1.807) is 38.3 Å². The molecule has 0 bridgehead atoms. The fraction of sp³-hybridized carbons (Fsp3) is 0.500. The third kappa shape index (κ3) is 3.97. The van der Waals surface area contributed by atoms with Gasteiger partial charge in [-0.25, -0.2) is 0 Å². The van der Waals surface area contributed by atoms with Gasteiger partial charge in [-0.1, -0.05) is 25.5 Å². The summed E-state index contributed by atoms with van der Waals surface area (Å²) in [6, 6.07) is 7.08. The van der Waals surface area contributed by atoms with Crippen LogP contribution in [0.1, 0.15) is 32.3 Å². The van der Waals surface area contributed by atoms with Gasteiger partial charge in [-0.2, -0.15) is 0 Å². The van der Waals surface area contributed by atoms with Crippen LogP contribution in [-0.4, -0.2) is 30.8 Å². The lowest BCUT2D eigenvalue weighted by atomic mass is 9.77. The van der Waals surface area contributed by atoms with E-state index in [4.69, 9.17) is 9.47 Å². The molecule has 0 aromatic heterocycles. The standard InChI is InChI=1S/C16H22O5/c1-4-9-16(14(17)18,15(19)21-5-2)11-12-7-6-8-13(10-12)20-3/h6-8,10H,4-5,9,11H2,1-3H3,(H,17,18). The summed E-state index contributed by atoms with van der Waals surface area (Å²) in [7, 11) is 1.54. The van der Waals surface area contributed by atoms with Gasteiger partial charge in [-0.05, 0) is 37.5 Å². The second-order valence-electron chi connectivity index (χ2n) is 4.89. The number of benzene rings is 1.